The molecule has 0 spiro atoms. The van der Waals surface area contributed by atoms with Crippen LogP contribution in [0.1, 0.15) is 40.5 Å². The zero-order valence-electron chi connectivity index (χ0n) is 16.9. The van der Waals surface area contributed by atoms with Gasteiger partial charge in [0.25, 0.3) is 0 Å². The molecule has 1 saturated carbocycles. The van der Waals surface area contributed by atoms with Gasteiger partial charge in [0.1, 0.15) is 11.6 Å². The summed E-state index contributed by atoms with van der Waals surface area (Å²) in [6.45, 7) is 3.75. The zero-order chi connectivity index (χ0) is 21.8. The minimum atomic E-state index is -1.17. The van der Waals surface area contributed by atoms with E-state index in [1.807, 2.05) is 50.2 Å². The molecule has 4 aromatic rings. The Morgan fingerprint density at radius 2 is 1.97 bits per heavy atom. The molecule has 0 amide bonds. The van der Waals surface area contributed by atoms with Crippen LogP contribution in [0.4, 0.5) is 5.82 Å². The predicted octanol–water partition coefficient (Wildman–Crippen LogP) is 5.35. The summed E-state index contributed by atoms with van der Waals surface area (Å²) >= 11 is 6.21. The van der Waals surface area contributed by atoms with Crippen LogP contribution in [-0.2, 0) is 5.54 Å². The number of rotatable bonds is 5. The van der Waals surface area contributed by atoms with Gasteiger partial charge in [-0.1, -0.05) is 35.0 Å². The number of hydrogen-bond acceptors (Lipinski definition) is 6. The van der Waals surface area contributed by atoms with E-state index in [1.54, 1.807) is 6.07 Å². The minimum absolute atomic E-state index is 0.248. The summed E-state index contributed by atoms with van der Waals surface area (Å²) in [5.41, 5.74) is 3.86. The maximum atomic E-state index is 11.6. The van der Waals surface area contributed by atoms with E-state index >= 15 is 0 Å². The Kier molecular flexibility index (Phi) is 4.44. The number of aromatic nitrogens is 3. The highest BCUT2D eigenvalue weighted by Gasteiger charge is 2.45. The fourth-order valence-corrected chi connectivity index (χ4v) is 4.18. The number of hydrogen-bond donors (Lipinski definition) is 2. The Morgan fingerprint density at radius 3 is 2.61 bits per heavy atom. The highest BCUT2D eigenvalue weighted by atomic mass is 35.5. The van der Waals surface area contributed by atoms with Gasteiger partial charge in [0.15, 0.2) is 0 Å². The molecule has 0 unspecified atom stereocenters. The molecule has 7 nitrogen and oxygen atoms in total. The fourth-order valence-electron chi connectivity index (χ4n) is 3.99. The lowest BCUT2D eigenvalue weighted by atomic mass is 10.0. The van der Waals surface area contributed by atoms with E-state index in [4.69, 9.17) is 16.1 Å². The van der Waals surface area contributed by atoms with Crippen molar-refractivity contribution >= 4 is 34.3 Å². The minimum Gasteiger partial charge on any atom is -0.475 e. The van der Waals surface area contributed by atoms with Crippen molar-refractivity contribution in [2.75, 3.05) is 5.32 Å². The van der Waals surface area contributed by atoms with E-state index in [9.17, 15) is 9.90 Å². The number of carboxylic acids is 1. The smallest absolute Gasteiger partial charge is 0.374 e. The van der Waals surface area contributed by atoms with E-state index in [1.165, 1.54) is 0 Å². The van der Waals surface area contributed by atoms with Gasteiger partial charge in [0.05, 0.1) is 16.7 Å². The van der Waals surface area contributed by atoms with Crippen LogP contribution in [0.3, 0.4) is 0 Å². The highest BCUT2D eigenvalue weighted by molar-refractivity contribution is 6.30. The van der Waals surface area contributed by atoms with E-state index in [0.29, 0.717) is 22.1 Å². The predicted molar refractivity (Wildman–Crippen MR) is 117 cm³/mol. The molecular formula is C23H19ClN4O3. The van der Waals surface area contributed by atoms with Crippen LogP contribution in [0.5, 0.6) is 0 Å². The van der Waals surface area contributed by atoms with Crippen LogP contribution in [0.25, 0.3) is 22.0 Å². The summed E-state index contributed by atoms with van der Waals surface area (Å²) in [6, 6.07) is 13.3. The molecule has 0 atom stereocenters. The number of carboxylic acid groups (broad SMARTS) is 1. The van der Waals surface area contributed by atoms with Gasteiger partial charge in [-0.15, -0.1) is 0 Å². The number of nitrogens with one attached hydrogen (secondary N) is 1. The molecule has 156 valence electrons. The van der Waals surface area contributed by atoms with Crippen LogP contribution >= 0.6 is 11.6 Å². The molecular weight excluding hydrogens is 416 g/mol. The average Bonchev–Trinajstić information content (AvgIpc) is 3.45. The van der Waals surface area contributed by atoms with Crippen LogP contribution in [0.15, 0.2) is 47.0 Å². The van der Waals surface area contributed by atoms with Gasteiger partial charge in [-0.2, -0.15) is 0 Å². The number of aromatic carboxylic acids is 1. The summed E-state index contributed by atoms with van der Waals surface area (Å²) in [4.78, 5) is 20.2. The first-order valence-electron chi connectivity index (χ1n) is 9.89. The fraction of sp³-hybridized carbons (Fsp3) is 0.217. The second kappa shape index (κ2) is 7.06. The number of halogens is 1. The van der Waals surface area contributed by atoms with Crippen LogP contribution in [0, 0.1) is 13.8 Å². The summed E-state index contributed by atoms with van der Waals surface area (Å²) in [6.07, 6.45) is 1.79. The van der Waals surface area contributed by atoms with Gasteiger partial charge < -0.3 is 14.9 Å². The van der Waals surface area contributed by atoms with Crippen LogP contribution in [-0.4, -0.2) is 26.2 Å². The number of fused-ring (bicyclic) bond motifs is 1. The summed E-state index contributed by atoms with van der Waals surface area (Å²) in [5.74, 6) is -0.227. The third-order valence-electron chi connectivity index (χ3n) is 5.69. The van der Waals surface area contributed by atoms with Crippen molar-refractivity contribution in [1.82, 2.24) is 15.1 Å². The van der Waals surface area contributed by atoms with E-state index in [0.717, 1.165) is 40.6 Å². The Labute approximate surface area is 183 Å². The van der Waals surface area contributed by atoms with E-state index < -0.39 is 5.97 Å². The second-order valence-corrected chi connectivity index (χ2v) is 8.29. The average molecular weight is 435 g/mol. The molecule has 1 aliphatic rings. The maximum absolute atomic E-state index is 11.6. The van der Waals surface area contributed by atoms with Gasteiger partial charge in [0, 0.05) is 16.0 Å². The first kappa shape index (κ1) is 19.5. The van der Waals surface area contributed by atoms with Crippen LogP contribution in [0.2, 0.25) is 5.02 Å². The molecule has 2 heterocycles. The molecule has 2 aromatic heterocycles. The first-order chi connectivity index (χ1) is 14.9. The number of aryl methyl sites for hydroxylation is 2. The van der Waals surface area contributed by atoms with Crippen molar-refractivity contribution in [2.24, 2.45) is 0 Å². The molecule has 8 heteroatoms. The lowest BCUT2D eigenvalue weighted by Gasteiger charge is -2.20. The highest BCUT2D eigenvalue weighted by Crippen LogP contribution is 2.49. The van der Waals surface area contributed by atoms with Gasteiger partial charge in [-0.25, -0.2) is 14.8 Å². The van der Waals surface area contributed by atoms with Crippen molar-refractivity contribution in [2.45, 2.75) is 32.2 Å². The van der Waals surface area contributed by atoms with Gasteiger partial charge in [-0.05, 0) is 62.1 Å². The van der Waals surface area contributed by atoms with Gasteiger partial charge in [-0.3, -0.25) is 0 Å². The van der Waals surface area contributed by atoms with Crippen molar-refractivity contribution in [3.8, 4) is 11.1 Å². The largest absolute Gasteiger partial charge is 0.475 e. The molecule has 0 radical (unpaired) electrons. The molecule has 5 rings (SSSR count). The lowest BCUT2D eigenvalue weighted by Crippen LogP contribution is -2.21. The summed E-state index contributed by atoms with van der Waals surface area (Å²) in [7, 11) is 0. The molecule has 2 N–H and O–H groups in total. The molecule has 2 aromatic carbocycles. The van der Waals surface area contributed by atoms with Gasteiger partial charge in [0.2, 0.25) is 5.82 Å². The molecule has 1 fully saturated rings. The van der Waals surface area contributed by atoms with E-state index in [2.05, 4.69) is 20.4 Å². The molecule has 1 aliphatic carbocycles. The van der Waals surface area contributed by atoms with Crippen molar-refractivity contribution in [3.63, 3.8) is 0 Å². The number of benzene rings is 2. The maximum Gasteiger partial charge on any atom is 0.374 e. The molecule has 0 saturated heterocycles. The normalized spacial score (nSPS) is 14.5. The standard InChI is InChI=1S/C23H19ClN4O3/c1-12-19(13(2)31-28-12)14-6-7-18-17(10-14)20(26-21(25-18)22(29)30)27-23(8-9-23)15-4-3-5-16(24)11-15/h3-7,10-11H,8-9H2,1-2H3,(H,29,30)(H,25,26,27). The molecule has 31 heavy (non-hydrogen) atoms. The zero-order valence-corrected chi connectivity index (χ0v) is 17.7. The lowest BCUT2D eigenvalue weighted by molar-refractivity contribution is 0.0684. The number of nitrogens with zero attached hydrogens (tertiary/aromatic N) is 3. The van der Waals surface area contributed by atoms with Crippen LogP contribution < -0.4 is 5.32 Å². The van der Waals surface area contributed by atoms with Crippen molar-refractivity contribution in [1.29, 1.82) is 0 Å². The molecule has 0 aliphatic heterocycles. The Bertz CT molecular complexity index is 1320. The van der Waals surface area contributed by atoms with Crippen molar-refractivity contribution < 1.29 is 14.4 Å². The summed E-state index contributed by atoms with van der Waals surface area (Å²) in [5, 5.41) is 18.5. The Balaban J connectivity index is 1.66. The number of carbonyl (C=O) groups is 1. The second-order valence-electron chi connectivity index (χ2n) is 7.85. The number of anilines is 1. The molecule has 0 bridgehead atoms. The Hall–Kier alpha value is -3.45. The topological polar surface area (TPSA) is 101 Å². The third-order valence-corrected chi connectivity index (χ3v) is 5.93. The van der Waals surface area contributed by atoms with E-state index in [-0.39, 0.29) is 11.4 Å². The SMILES string of the molecule is Cc1noc(C)c1-c1ccc2nc(C(=O)O)nc(NC3(c4cccc(Cl)c4)CC3)c2c1. The van der Waals surface area contributed by atoms with Gasteiger partial charge >= 0.3 is 5.97 Å². The third kappa shape index (κ3) is 3.41. The monoisotopic (exact) mass is 434 g/mol. The van der Waals surface area contributed by atoms with Crippen molar-refractivity contribution in [3.05, 3.63) is 70.3 Å². The Morgan fingerprint density at radius 1 is 1.16 bits per heavy atom. The quantitative estimate of drug-likeness (QED) is 0.436. The first-order valence-corrected chi connectivity index (χ1v) is 10.3. The summed E-state index contributed by atoms with van der Waals surface area (Å²) < 4.78 is 5.32.